The molecule has 2 aromatic carbocycles. The maximum Gasteiger partial charge on any atom is 0.417 e. The van der Waals surface area contributed by atoms with Gasteiger partial charge in [-0.2, -0.15) is 13.2 Å². The van der Waals surface area contributed by atoms with Gasteiger partial charge in [0.05, 0.1) is 29.4 Å². The van der Waals surface area contributed by atoms with Gasteiger partial charge < -0.3 is 10.5 Å². The highest BCUT2D eigenvalue weighted by Gasteiger charge is 2.32. The van der Waals surface area contributed by atoms with Crippen molar-refractivity contribution >= 4 is 32.7 Å². The van der Waals surface area contributed by atoms with Gasteiger partial charge in [0.15, 0.2) is 0 Å². The quantitative estimate of drug-likeness (QED) is 0.416. The summed E-state index contributed by atoms with van der Waals surface area (Å²) in [5.41, 5.74) is 5.83. The number of hydrogen-bond acceptors (Lipinski definition) is 4. The summed E-state index contributed by atoms with van der Waals surface area (Å²) >= 11 is 3.32. The number of fused-ring (bicyclic) bond motifs is 1. The molecule has 0 amide bonds. The normalized spacial score (nSPS) is 11.6. The lowest BCUT2D eigenvalue weighted by atomic mass is 10.0. The zero-order chi connectivity index (χ0) is 22.3. The Morgan fingerprint density at radius 1 is 1.06 bits per heavy atom. The van der Waals surface area contributed by atoms with E-state index in [4.69, 9.17) is 10.5 Å². The molecule has 4 rings (SSSR count). The number of rotatable bonds is 3. The van der Waals surface area contributed by atoms with Gasteiger partial charge in [-0.1, -0.05) is 28.1 Å². The lowest BCUT2D eigenvalue weighted by molar-refractivity contribution is -0.137. The van der Waals surface area contributed by atoms with Crippen LogP contribution >= 0.6 is 15.9 Å². The number of benzene rings is 2. The van der Waals surface area contributed by atoms with E-state index in [2.05, 4.69) is 20.9 Å². The van der Waals surface area contributed by atoms with Crippen molar-refractivity contribution in [2.75, 3.05) is 12.8 Å². The van der Waals surface area contributed by atoms with Crippen LogP contribution in [0.15, 0.2) is 70.1 Å². The molecule has 0 saturated heterocycles. The first-order chi connectivity index (χ1) is 14.7. The van der Waals surface area contributed by atoms with Crippen LogP contribution in [0.1, 0.15) is 5.56 Å². The SMILES string of the molecule is COc1ccc(-c2c(N)c3ncc(C(F)(F)F)cc3n(-c3ccc(Br)cc3)c2=O)cc1. The van der Waals surface area contributed by atoms with E-state index in [9.17, 15) is 18.0 Å². The predicted molar refractivity (Wildman–Crippen MR) is 116 cm³/mol. The molecule has 0 aliphatic rings. The standard InChI is InChI=1S/C22H15BrF3N3O2/c1-31-16-8-2-12(3-9-16)18-19(27)20-17(10-13(11-28-20)22(24,25)26)29(21(18)30)15-6-4-14(23)5-7-15/h2-11H,27H2,1H3. The Morgan fingerprint density at radius 3 is 2.29 bits per heavy atom. The van der Waals surface area contributed by atoms with Crippen molar-refractivity contribution in [2.24, 2.45) is 0 Å². The van der Waals surface area contributed by atoms with Gasteiger partial charge in [-0.15, -0.1) is 0 Å². The maximum atomic E-state index is 13.5. The highest BCUT2D eigenvalue weighted by molar-refractivity contribution is 9.10. The number of nitrogen functional groups attached to an aromatic ring is 1. The monoisotopic (exact) mass is 489 g/mol. The van der Waals surface area contributed by atoms with Crippen LogP contribution in [0.4, 0.5) is 18.9 Å². The first kappa shape index (κ1) is 20.9. The summed E-state index contributed by atoms with van der Waals surface area (Å²) in [6.07, 6.45) is -3.90. The molecular formula is C22H15BrF3N3O2. The molecule has 0 saturated carbocycles. The molecule has 0 aliphatic carbocycles. The Balaban J connectivity index is 2.11. The largest absolute Gasteiger partial charge is 0.497 e. The summed E-state index contributed by atoms with van der Waals surface area (Å²) in [7, 11) is 1.52. The van der Waals surface area contributed by atoms with E-state index in [1.165, 1.54) is 11.7 Å². The molecule has 31 heavy (non-hydrogen) atoms. The van der Waals surface area contributed by atoms with Crippen molar-refractivity contribution in [3.8, 4) is 22.6 Å². The van der Waals surface area contributed by atoms with Gasteiger partial charge in [0.2, 0.25) is 0 Å². The van der Waals surface area contributed by atoms with Gasteiger partial charge in [-0.25, -0.2) is 0 Å². The molecular weight excluding hydrogens is 475 g/mol. The molecule has 0 fully saturated rings. The third-order valence-corrected chi connectivity index (χ3v) is 5.37. The molecule has 0 spiro atoms. The average molecular weight is 490 g/mol. The fourth-order valence-corrected chi connectivity index (χ4v) is 3.59. The van der Waals surface area contributed by atoms with Crippen LogP contribution in [0.25, 0.3) is 27.8 Å². The fourth-order valence-electron chi connectivity index (χ4n) is 3.32. The molecule has 4 aromatic rings. The van der Waals surface area contributed by atoms with Crippen LogP contribution in [0.3, 0.4) is 0 Å². The van der Waals surface area contributed by atoms with Gasteiger partial charge in [0.1, 0.15) is 11.3 Å². The summed E-state index contributed by atoms with van der Waals surface area (Å²) in [5, 5.41) is 0. The lowest BCUT2D eigenvalue weighted by Gasteiger charge is -2.17. The van der Waals surface area contributed by atoms with Crippen LogP contribution in [-0.2, 0) is 6.18 Å². The zero-order valence-electron chi connectivity index (χ0n) is 16.1. The number of anilines is 1. The topological polar surface area (TPSA) is 70.1 Å². The van der Waals surface area contributed by atoms with Crippen LogP contribution < -0.4 is 16.0 Å². The van der Waals surface area contributed by atoms with Gasteiger partial charge in [-0.3, -0.25) is 14.3 Å². The molecule has 158 valence electrons. The van der Waals surface area contributed by atoms with E-state index in [0.29, 0.717) is 23.2 Å². The molecule has 0 atom stereocenters. The van der Waals surface area contributed by atoms with Gasteiger partial charge in [-0.05, 0) is 48.0 Å². The third-order valence-electron chi connectivity index (χ3n) is 4.84. The minimum Gasteiger partial charge on any atom is -0.497 e. The number of halogens is 4. The fraction of sp³-hybridized carbons (Fsp3) is 0.0909. The Hall–Kier alpha value is -3.33. The average Bonchev–Trinajstić information content (AvgIpc) is 2.74. The molecule has 2 N–H and O–H groups in total. The summed E-state index contributed by atoms with van der Waals surface area (Å²) in [6.45, 7) is 0. The van der Waals surface area contributed by atoms with Crippen molar-refractivity contribution in [3.63, 3.8) is 0 Å². The minimum absolute atomic E-state index is 0.00672. The van der Waals surface area contributed by atoms with E-state index in [1.54, 1.807) is 48.5 Å². The maximum absolute atomic E-state index is 13.5. The zero-order valence-corrected chi connectivity index (χ0v) is 17.7. The van der Waals surface area contributed by atoms with Crippen LogP contribution in [-0.4, -0.2) is 16.7 Å². The Bertz CT molecular complexity index is 1330. The van der Waals surface area contributed by atoms with Gasteiger partial charge in [0.25, 0.3) is 5.56 Å². The molecule has 5 nitrogen and oxygen atoms in total. The number of nitrogens with zero attached hydrogens (tertiary/aromatic N) is 2. The first-order valence-corrected chi connectivity index (χ1v) is 9.82. The summed E-state index contributed by atoms with van der Waals surface area (Å²) in [4.78, 5) is 17.5. The van der Waals surface area contributed by atoms with E-state index in [-0.39, 0.29) is 22.3 Å². The molecule has 0 unspecified atom stereocenters. The van der Waals surface area contributed by atoms with Gasteiger partial charge in [0, 0.05) is 16.4 Å². The van der Waals surface area contributed by atoms with E-state index >= 15 is 0 Å². The first-order valence-electron chi connectivity index (χ1n) is 9.02. The number of methoxy groups -OCH3 is 1. The third kappa shape index (κ3) is 3.76. The van der Waals surface area contributed by atoms with Crippen molar-refractivity contribution in [3.05, 3.63) is 81.2 Å². The second kappa shape index (κ2) is 7.73. The van der Waals surface area contributed by atoms with Crippen molar-refractivity contribution in [1.82, 2.24) is 9.55 Å². The highest BCUT2D eigenvalue weighted by atomic mass is 79.9. The minimum atomic E-state index is -4.62. The van der Waals surface area contributed by atoms with E-state index in [0.717, 1.165) is 10.5 Å². The number of hydrogen-bond donors (Lipinski definition) is 1. The summed E-state index contributed by atoms with van der Waals surface area (Å²) in [5.74, 6) is 0.587. The molecule has 2 aromatic heterocycles. The Morgan fingerprint density at radius 2 is 1.71 bits per heavy atom. The Labute approximate surface area is 183 Å². The smallest absolute Gasteiger partial charge is 0.417 e. The van der Waals surface area contributed by atoms with Crippen LogP contribution in [0.5, 0.6) is 5.75 Å². The van der Waals surface area contributed by atoms with Crippen LogP contribution in [0.2, 0.25) is 0 Å². The number of aromatic nitrogens is 2. The predicted octanol–water partition coefficient (Wildman–Crippen LogP) is 5.42. The number of nitrogens with two attached hydrogens (primary N) is 1. The lowest BCUT2D eigenvalue weighted by Crippen LogP contribution is -2.23. The highest BCUT2D eigenvalue weighted by Crippen LogP contribution is 2.35. The summed E-state index contributed by atoms with van der Waals surface area (Å²) in [6, 6.07) is 14.2. The Kier molecular flexibility index (Phi) is 5.22. The second-order valence-electron chi connectivity index (χ2n) is 6.72. The van der Waals surface area contributed by atoms with Gasteiger partial charge >= 0.3 is 6.18 Å². The second-order valence-corrected chi connectivity index (χ2v) is 7.64. The van der Waals surface area contributed by atoms with Crippen molar-refractivity contribution in [2.45, 2.75) is 6.18 Å². The van der Waals surface area contributed by atoms with Crippen LogP contribution in [0, 0.1) is 0 Å². The molecule has 0 radical (unpaired) electrons. The number of ether oxygens (including phenoxy) is 1. The van der Waals surface area contributed by atoms with E-state index in [1.807, 2.05) is 0 Å². The molecule has 0 bridgehead atoms. The number of alkyl halides is 3. The number of pyridine rings is 2. The van der Waals surface area contributed by atoms with E-state index < -0.39 is 17.3 Å². The van der Waals surface area contributed by atoms with Crippen molar-refractivity contribution < 1.29 is 17.9 Å². The van der Waals surface area contributed by atoms with Crippen molar-refractivity contribution in [1.29, 1.82) is 0 Å². The summed E-state index contributed by atoms with van der Waals surface area (Å²) < 4.78 is 47.1. The molecule has 2 heterocycles. The molecule has 0 aliphatic heterocycles. The molecule has 9 heteroatoms.